The second kappa shape index (κ2) is 2.01. The minimum Gasteiger partial charge on any atom is -0.465 e. The average Bonchev–Trinajstić information content (AvgIpc) is 1.64. The highest BCUT2D eigenvalue weighted by molar-refractivity contribution is 5.01. The smallest absolute Gasteiger partial charge is 0.110 e. The molecule has 1 saturated heterocycles. The van der Waals surface area contributed by atoms with E-state index in [9.17, 15) is 0 Å². The van der Waals surface area contributed by atoms with Crippen molar-refractivity contribution in [3.63, 3.8) is 0 Å². The van der Waals surface area contributed by atoms with Crippen LogP contribution in [0, 0.1) is 0 Å². The number of nitrogens with one attached hydrogen (secondary N) is 1. The van der Waals surface area contributed by atoms with Crippen LogP contribution >= 0.6 is 0 Å². The molecule has 2 nitrogen and oxygen atoms in total. The molecule has 8 heavy (non-hydrogen) atoms. The molecule has 0 aromatic rings. The first-order valence-corrected chi connectivity index (χ1v) is 2.53. The Balaban J connectivity index is 2.45. The number of ether oxygens (including phenoxy) is 1. The third-order valence-electron chi connectivity index (χ3n) is 0.933. The molecule has 1 heterocycles. The molecule has 0 atom stereocenters. The van der Waals surface area contributed by atoms with Gasteiger partial charge in [0.25, 0.3) is 0 Å². The summed E-state index contributed by atoms with van der Waals surface area (Å²) in [4.78, 5) is 0. The van der Waals surface area contributed by atoms with Crippen LogP contribution < -0.4 is 5.32 Å². The van der Waals surface area contributed by atoms with E-state index < -0.39 is 0 Å². The van der Waals surface area contributed by atoms with Gasteiger partial charge in [0.2, 0.25) is 0 Å². The van der Waals surface area contributed by atoms with E-state index in [0.717, 1.165) is 24.6 Å². The summed E-state index contributed by atoms with van der Waals surface area (Å²) >= 11 is 0. The Hall–Kier alpha value is -0.760. The van der Waals surface area contributed by atoms with Gasteiger partial charge in [-0.05, 0) is 0 Å². The van der Waals surface area contributed by atoms with Crippen LogP contribution in [0.4, 0.5) is 0 Å². The van der Waals surface area contributed by atoms with E-state index in [1.807, 2.05) is 0 Å². The fourth-order valence-electron chi connectivity index (χ4n) is 0.618. The number of morpholine rings is 1. The van der Waals surface area contributed by atoms with Crippen molar-refractivity contribution < 1.29 is 4.74 Å². The molecule has 0 radical (unpaired) electrons. The first kappa shape index (κ1) is 5.38. The van der Waals surface area contributed by atoms with Crippen molar-refractivity contribution in [1.82, 2.24) is 5.32 Å². The lowest BCUT2D eigenvalue weighted by atomic mass is 10.4. The van der Waals surface area contributed by atoms with E-state index in [-0.39, 0.29) is 0 Å². The Bertz CT molecular complexity index is 114. The van der Waals surface area contributed by atoms with Crippen LogP contribution in [-0.4, -0.2) is 13.1 Å². The summed E-state index contributed by atoms with van der Waals surface area (Å²) in [5.41, 5.74) is 0. The summed E-state index contributed by atoms with van der Waals surface area (Å²) in [7, 11) is 0. The van der Waals surface area contributed by atoms with Crippen molar-refractivity contribution in [2.75, 3.05) is 13.1 Å². The van der Waals surface area contributed by atoms with Gasteiger partial charge in [-0.3, -0.25) is 0 Å². The zero-order valence-corrected chi connectivity index (χ0v) is 4.74. The van der Waals surface area contributed by atoms with E-state index in [4.69, 9.17) is 4.74 Å². The molecule has 0 saturated carbocycles. The van der Waals surface area contributed by atoms with Crippen LogP contribution in [-0.2, 0) is 4.74 Å². The molecule has 0 aromatic carbocycles. The Morgan fingerprint density at radius 2 is 1.75 bits per heavy atom. The molecule has 0 aromatic heterocycles. The van der Waals surface area contributed by atoms with Gasteiger partial charge in [-0.15, -0.1) is 0 Å². The third kappa shape index (κ3) is 1.10. The summed E-state index contributed by atoms with van der Waals surface area (Å²) in [6.45, 7) is 8.74. The molecule has 1 rings (SSSR count). The summed E-state index contributed by atoms with van der Waals surface area (Å²) in [5, 5.41) is 3.06. The van der Waals surface area contributed by atoms with Gasteiger partial charge in [0.05, 0.1) is 13.1 Å². The second-order valence-electron chi connectivity index (χ2n) is 1.78. The van der Waals surface area contributed by atoms with Gasteiger partial charge in [0.15, 0.2) is 0 Å². The maximum atomic E-state index is 5.03. The highest BCUT2D eigenvalue weighted by Crippen LogP contribution is 2.04. The summed E-state index contributed by atoms with van der Waals surface area (Å²) < 4.78 is 5.03. The van der Waals surface area contributed by atoms with Gasteiger partial charge in [0.1, 0.15) is 11.5 Å². The van der Waals surface area contributed by atoms with E-state index in [0.29, 0.717) is 0 Å². The molecule has 1 aliphatic heterocycles. The molecule has 0 bridgehead atoms. The first-order chi connectivity index (χ1) is 3.79. The Labute approximate surface area is 48.8 Å². The van der Waals surface area contributed by atoms with Gasteiger partial charge in [-0.1, -0.05) is 13.2 Å². The number of rotatable bonds is 0. The highest BCUT2D eigenvalue weighted by atomic mass is 16.5. The Morgan fingerprint density at radius 3 is 2.00 bits per heavy atom. The predicted octanol–water partition coefficient (Wildman–Crippen LogP) is 0.634. The molecule has 2 heteroatoms. The van der Waals surface area contributed by atoms with Crippen LogP contribution in [0.2, 0.25) is 0 Å². The predicted molar refractivity (Wildman–Crippen MR) is 32.2 cm³/mol. The van der Waals surface area contributed by atoms with E-state index in [2.05, 4.69) is 18.5 Å². The summed E-state index contributed by atoms with van der Waals surface area (Å²) in [5.74, 6) is 1.50. The Morgan fingerprint density at radius 1 is 1.25 bits per heavy atom. The van der Waals surface area contributed by atoms with Gasteiger partial charge in [-0.2, -0.15) is 0 Å². The van der Waals surface area contributed by atoms with Gasteiger partial charge in [-0.25, -0.2) is 0 Å². The van der Waals surface area contributed by atoms with Crippen molar-refractivity contribution >= 4 is 0 Å². The van der Waals surface area contributed by atoms with Crippen LogP contribution in [0.1, 0.15) is 0 Å². The molecule has 1 fully saturated rings. The normalized spacial score (nSPS) is 20.5. The second-order valence-corrected chi connectivity index (χ2v) is 1.78. The first-order valence-electron chi connectivity index (χ1n) is 2.53. The molecule has 1 aliphatic rings. The summed E-state index contributed by atoms with van der Waals surface area (Å²) in [6.07, 6.45) is 0. The molecule has 44 valence electrons. The highest BCUT2D eigenvalue weighted by Gasteiger charge is 2.04. The van der Waals surface area contributed by atoms with Gasteiger partial charge < -0.3 is 10.1 Å². The van der Waals surface area contributed by atoms with Crippen LogP contribution in [0.5, 0.6) is 0 Å². The van der Waals surface area contributed by atoms with Crippen LogP contribution in [0.25, 0.3) is 0 Å². The molecule has 0 unspecified atom stereocenters. The van der Waals surface area contributed by atoms with E-state index >= 15 is 0 Å². The minimum absolute atomic E-state index is 0.749. The lowest BCUT2D eigenvalue weighted by Crippen LogP contribution is -2.26. The quantitative estimate of drug-likeness (QED) is 0.495. The molecule has 1 N–H and O–H groups in total. The number of hydrogen-bond acceptors (Lipinski definition) is 2. The fourth-order valence-corrected chi connectivity index (χ4v) is 0.618. The zero-order valence-electron chi connectivity index (χ0n) is 4.74. The fraction of sp³-hybridized carbons (Fsp3) is 0.333. The molecule has 0 aliphatic carbocycles. The molecular formula is C6H9NO. The van der Waals surface area contributed by atoms with E-state index in [1.54, 1.807) is 0 Å². The average molecular weight is 111 g/mol. The topological polar surface area (TPSA) is 21.3 Å². The molecule has 0 spiro atoms. The van der Waals surface area contributed by atoms with Crippen molar-refractivity contribution in [1.29, 1.82) is 0 Å². The third-order valence-corrected chi connectivity index (χ3v) is 0.933. The number of hydrogen-bond donors (Lipinski definition) is 1. The maximum absolute atomic E-state index is 5.03. The minimum atomic E-state index is 0.749. The lowest BCUT2D eigenvalue weighted by Gasteiger charge is -2.17. The standard InChI is InChI=1S/C6H9NO/c1-5-3-7-4-6(2)8-5/h7H,1-4H2. The van der Waals surface area contributed by atoms with Gasteiger partial charge in [0, 0.05) is 0 Å². The molecule has 0 amide bonds. The van der Waals surface area contributed by atoms with Crippen molar-refractivity contribution in [2.24, 2.45) is 0 Å². The van der Waals surface area contributed by atoms with Gasteiger partial charge >= 0.3 is 0 Å². The lowest BCUT2D eigenvalue weighted by molar-refractivity contribution is 0.258. The monoisotopic (exact) mass is 111 g/mol. The van der Waals surface area contributed by atoms with E-state index in [1.165, 1.54) is 0 Å². The van der Waals surface area contributed by atoms with Crippen molar-refractivity contribution in [3.8, 4) is 0 Å². The zero-order chi connectivity index (χ0) is 5.98. The van der Waals surface area contributed by atoms with Crippen LogP contribution in [0.15, 0.2) is 24.7 Å². The SMILES string of the molecule is C=C1CNCC(=C)O1. The van der Waals surface area contributed by atoms with Crippen LogP contribution in [0.3, 0.4) is 0 Å². The van der Waals surface area contributed by atoms with Crippen molar-refractivity contribution in [3.05, 3.63) is 24.7 Å². The van der Waals surface area contributed by atoms with Crippen molar-refractivity contribution in [2.45, 2.75) is 0 Å². The maximum Gasteiger partial charge on any atom is 0.110 e. The molecular weight excluding hydrogens is 102 g/mol. The largest absolute Gasteiger partial charge is 0.465 e. The summed E-state index contributed by atoms with van der Waals surface area (Å²) in [6, 6.07) is 0. The Kier molecular flexibility index (Phi) is 1.35.